The van der Waals surface area contributed by atoms with Crippen LogP contribution in [0.15, 0.2) is 47.4 Å². The minimum absolute atomic E-state index is 0.122. The molecule has 0 bridgehead atoms. The number of hydrogen-bond donors (Lipinski definition) is 2. The molecule has 2 aromatic carbocycles. The summed E-state index contributed by atoms with van der Waals surface area (Å²) in [7, 11) is -3.93. The Balaban J connectivity index is 2.39. The first kappa shape index (κ1) is 13.4. The Labute approximate surface area is 110 Å². The Morgan fingerprint density at radius 2 is 1.89 bits per heavy atom. The van der Waals surface area contributed by atoms with Crippen LogP contribution in [0.1, 0.15) is 5.56 Å². The first-order valence-corrected chi connectivity index (χ1v) is 6.95. The largest absolute Gasteiger partial charge is 0.508 e. The summed E-state index contributed by atoms with van der Waals surface area (Å²) in [5.41, 5.74) is 0.610. The van der Waals surface area contributed by atoms with E-state index in [-0.39, 0.29) is 16.3 Å². The molecule has 0 radical (unpaired) electrons. The highest BCUT2D eigenvalue weighted by molar-refractivity contribution is 7.92. The van der Waals surface area contributed by atoms with E-state index in [4.69, 9.17) is 0 Å². The number of nitrogens with one attached hydrogen (secondary N) is 1. The molecule has 0 atom stereocenters. The smallest absolute Gasteiger partial charge is 0.262 e. The van der Waals surface area contributed by atoms with Crippen molar-refractivity contribution >= 4 is 15.7 Å². The Morgan fingerprint density at radius 3 is 2.58 bits per heavy atom. The molecule has 0 heterocycles. The van der Waals surface area contributed by atoms with Gasteiger partial charge >= 0.3 is 0 Å². The van der Waals surface area contributed by atoms with Crippen molar-refractivity contribution in [2.45, 2.75) is 11.8 Å². The summed E-state index contributed by atoms with van der Waals surface area (Å²) in [5.74, 6) is -0.832. The zero-order valence-electron chi connectivity index (χ0n) is 10.1. The van der Waals surface area contributed by atoms with Gasteiger partial charge in [-0.3, -0.25) is 4.72 Å². The van der Waals surface area contributed by atoms with Crippen molar-refractivity contribution in [1.82, 2.24) is 0 Å². The van der Waals surface area contributed by atoms with Crippen LogP contribution < -0.4 is 4.72 Å². The Bertz CT molecular complexity index is 714. The fraction of sp³-hybridized carbons (Fsp3) is 0.0769. The van der Waals surface area contributed by atoms with Crippen LogP contribution in [0, 0.1) is 12.7 Å². The molecule has 19 heavy (non-hydrogen) atoms. The summed E-state index contributed by atoms with van der Waals surface area (Å²) in [4.78, 5) is -0.131. The number of anilines is 1. The number of benzene rings is 2. The van der Waals surface area contributed by atoms with E-state index in [0.29, 0.717) is 0 Å². The fourth-order valence-electron chi connectivity index (χ4n) is 1.57. The molecule has 0 aliphatic carbocycles. The zero-order valence-corrected chi connectivity index (χ0v) is 10.9. The first-order valence-electron chi connectivity index (χ1n) is 5.46. The van der Waals surface area contributed by atoms with Gasteiger partial charge in [-0.15, -0.1) is 0 Å². The van der Waals surface area contributed by atoms with E-state index in [1.54, 1.807) is 13.0 Å². The van der Waals surface area contributed by atoms with Crippen molar-refractivity contribution in [3.8, 4) is 5.75 Å². The van der Waals surface area contributed by atoms with Crippen LogP contribution >= 0.6 is 0 Å². The summed E-state index contributed by atoms with van der Waals surface area (Å²) >= 11 is 0. The van der Waals surface area contributed by atoms with Gasteiger partial charge in [0.2, 0.25) is 0 Å². The SMILES string of the molecule is Cc1ccc(F)c(NS(=O)(=O)c2cccc(O)c2)c1. The number of phenols is 1. The normalized spacial score (nSPS) is 11.3. The molecule has 0 aliphatic heterocycles. The highest BCUT2D eigenvalue weighted by Crippen LogP contribution is 2.22. The lowest BCUT2D eigenvalue weighted by Gasteiger charge is -2.09. The van der Waals surface area contributed by atoms with Gasteiger partial charge in [-0.05, 0) is 36.8 Å². The maximum Gasteiger partial charge on any atom is 0.262 e. The number of halogens is 1. The van der Waals surface area contributed by atoms with Crippen LogP contribution in [0.25, 0.3) is 0 Å². The predicted octanol–water partition coefficient (Wildman–Crippen LogP) is 2.64. The van der Waals surface area contributed by atoms with Crippen LogP contribution in [0.5, 0.6) is 5.75 Å². The van der Waals surface area contributed by atoms with Gasteiger partial charge in [0.1, 0.15) is 11.6 Å². The second kappa shape index (κ2) is 4.89. The average Bonchev–Trinajstić information content (AvgIpc) is 2.33. The van der Waals surface area contributed by atoms with Gasteiger partial charge in [0.25, 0.3) is 10.0 Å². The van der Waals surface area contributed by atoms with Gasteiger partial charge < -0.3 is 5.11 Å². The molecule has 2 aromatic rings. The topological polar surface area (TPSA) is 66.4 Å². The number of hydrogen-bond acceptors (Lipinski definition) is 3. The van der Waals surface area contributed by atoms with E-state index in [9.17, 15) is 17.9 Å². The van der Waals surface area contributed by atoms with Crippen LogP contribution in [-0.2, 0) is 10.0 Å². The molecule has 100 valence electrons. The van der Waals surface area contributed by atoms with Crippen LogP contribution in [0.3, 0.4) is 0 Å². The van der Waals surface area contributed by atoms with E-state index in [0.717, 1.165) is 11.6 Å². The quantitative estimate of drug-likeness (QED) is 0.909. The molecule has 0 saturated carbocycles. The fourth-order valence-corrected chi connectivity index (χ4v) is 2.67. The van der Waals surface area contributed by atoms with E-state index >= 15 is 0 Å². The Morgan fingerprint density at radius 1 is 1.16 bits per heavy atom. The van der Waals surface area contributed by atoms with Gasteiger partial charge in [-0.25, -0.2) is 12.8 Å². The van der Waals surface area contributed by atoms with Crippen molar-refractivity contribution in [2.75, 3.05) is 4.72 Å². The molecule has 0 unspecified atom stereocenters. The van der Waals surface area contributed by atoms with Crippen molar-refractivity contribution in [1.29, 1.82) is 0 Å². The highest BCUT2D eigenvalue weighted by atomic mass is 32.2. The van der Waals surface area contributed by atoms with Crippen molar-refractivity contribution in [3.05, 3.63) is 53.8 Å². The predicted molar refractivity (Wildman–Crippen MR) is 70.1 cm³/mol. The van der Waals surface area contributed by atoms with Gasteiger partial charge in [0.05, 0.1) is 10.6 Å². The second-order valence-corrected chi connectivity index (χ2v) is 5.77. The number of rotatable bonds is 3. The lowest BCUT2D eigenvalue weighted by molar-refractivity contribution is 0.473. The van der Waals surface area contributed by atoms with Gasteiger partial charge in [0.15, 0.2) is 0 Å². The van der Waals surface area contributed by atoms with Crippen molar-refractivity contribution < 1.29 is 17.9 Å². The second-order valence-electron chi connectivity index (χ2n) is 4.09. The summed E-state index contributed by atoms with van der Waals surface area (Å²) in [5, 5.41) is 9.27. The number of aromatic hydroxyl groups is 1. The molecule has 2 rings (SSSR count). The minimum atomic E-state index is -3.93. The first-order chi connectivity index (χ1) is 8.88. The number of sulfonamides is 1. The standard InChI is InChI=1S/C13H12FNO3S/c1-9-5-6-12(14)13(7-9)15-19(17,18)11-4-2-3-10(16)8-11/h2-8,15-16H,1H3. The summed E-state index contributed by atoms with van der Waals surface area (Å²) in [6, 6.07) is 9.29. The van der Waals surface area contributed by atoms with Crippen LogP contribution in [0.2, 0.25) is 0 Å². The maximum atomic E-state index is 13.5. The summed E-state index contributed by atoms with van der Waals surface area (Å²) in [6.45, 7) is 1.73. The maximum absolute atomic E-state index is 13.5. The molecule has 0 amide bonds. The number of aryl methyl sites for hydroxylation is 1. The average molecular weight is 281 g/mol. The van der Waals surface area contributed by atoms with E-state index in [2.05, 4.69) is 4.72 Å². The van der Waals surface area contributed by atoms with Crippen molar-refractivity contribution in [3.63, 3.8) is 0 Å². The monoisotopic (exact) mass is 281 g/mol. The Kier molecular flexibility index (Phi) is 3.44. The lowest BCUT2D eigenvalue weighted by Crippen LogP contribution is -2.14. The molecule has 0 saturated heterocycles. The molecule has 0 aliphatic rings. The molecule has 2 N–H and O–H groups in total. The molecule has 0 fully saturated rings. The zero-order chi connectivity index (χ0) is 14.0. The molecule has 4 nitrogen and oxygen atoms in total. The molecule has 6 heteroatoms. The van der Waals surface area contributed by atoms with Gasteiger partial charge in [-0.2, -0.15) is 0 Å². The third kappa shape index (κ3) is 3.03. The van der Waals surface area contributed by atoms with Crippen LogP contribution in [-0.4, -0.2) is 13.5 Å². The number of phenolic OH excluding ortho intramolecular Hbond substituents is 1. The summed E-state index contributed by atoms with van der Waals surface area (Å²) in [6.07, 6.45) is 0. The minimum Gasteiger partial charge on any atom is -0.508 e. The van der Waals surface area contributed by atoms with Gasteiger partial charge in [-0.1, -0.05) is 12.1 Å². The molecule has 0 spiro atoms. The van der Waals surface area contributed by atoms with E-state index in [1.807, 2.05) is 0 Å². The van der Waals surface area contributed by atoms with E-state index in [1.165, 1.54) is 30.3 Å². The third-order valence-electron chi connectivity index (χ3n) is 2.49. The van der Waals surface area contributed by atoms with Crippen LogP contribution in [0.4, 0.5) is 10.1 Å². The molecular formula is C13H12FNO3S. The summed E-state index contributed by atoms with van der Waals surface area (Å²) < 4.78 is 39.7. The van der Waals surface area contributed by atoms with E-state index < -0.39 is 15.8 Å². The van der Waals surface area contributed by atoms with Crippen molar-refractivity contribution in [2.24, 2.45) is 0 Å². The third-order valence-corrected chi connectivity index (χ3v) is 3.86. The molecular weight excluding hydrogens is 269 g/mol. The molecule has 0 aromatic heterocycles. The highest BCUT2D eigenvalue weighted by Gasteiger charge is 2.16. The van der Waals surface area contributed by atoms with Gasteiger partial charge in [0, 0.05) is 6.07 Å². The Hall–Kier alpha value is -2.08. The lowest BCUT2D eigenvalue weighted by atomic mass is 10.2.